The molecule has 25 heavy (non-hydrogen) atoms. The van der Waals surface area contributed by atoms with E-state index in [-0.39, 0.29) is 5.60 Å². The molecule has 1 fully saturated rings. The minimum Gasteiger partial charge on any atom is -0.372 e. The van der Waals surface area contributed by atoms with E-state index in [1.54, 1.807) is 0 Å². The van der Waals surface area contributed by atoms with Crippen LogP contribution in [0, 0.1) is 13.8 Å². The zero-order chi connectivity index (χ0) is 18.6. The molecule has 6 nitrogen and oxygen atoms in total. The van der Waals surface area contributed by atoms with Crippen molar-refractivity contribution in [3.05, 3.63) is 17.0 Å². The first-order chi connectivity index (χ1) is 11.7. The predicted molar refractivity (Wildman–Crippen MR) is 101 cm³/mol. The highest BCUT2D eigenvalue weighted by atomic mass is 16.5. The van der Waals surface area contributed by atoms with Gasteiger partial charge in [0.05, 0.1) is 17.4 Å². The maximum Gasteiger partial charge on any atom is 0.193 e. The minimum atomic E-state index is -0.0729. The zero-order valence-electron chi connectivity index (χ0n) is 16.8. The second-order valence-corrected chi connectivity index (χ2v) is 7.98. The first-order valence-corrected chi connectivity index (χ1v) is 9.27. The van der Waals surface area contributed by atoms with Crippen molar-refractivity contribution in [2.24, 2.45) is 4.99 Å². The van der Waals surface area contributed by atoms with Crippen LogP contribution in [0.2, 0.25) is 0 Å². The Morgan fingerprint density at radius 1 is 1.36 bits per heavy atom. The van der Waals surface area contributed by atoms with E-state index in [1.807, 2.05) is 20.9 Å². The van der Waals surface area contributed by atoms with Gasteiger partial charge in [-0.25, -0.2) is 0 Å². The van der Waals surface area contributed by atoms with Crippen LogP contribution in [0.4, 0.5) is 0 Å². The van der Waals surface area contributed by atoms with Crippen LogP contribution in [0.25, 0.3) is 0 Å². The lowest BCUT2D eigenvalue weighted by molar-refractivity contribution is -0.0772. The van der Waals surface area contributed by atoms with Crippen LogP contribution in [-0.4, -0.2) is 54.4 Å². The van der Waals surface area contributed by atoms with Gasteiger partial charge in [0.2, 0.25) is 0 Å². The Morgan fingerprint density at radius 3 is 2.48 bits per heavy atom. The van der Waals surface area contributed by atoms with Crippen molar-refractivity contribution in [1.29, 1.82) is 0 Å². The van der Waals surface area contributed by atoms with Crippen molar-refractivity contribution >= 4 is 5.96 Å². The van der Waals surface area contributed by atoms with Gasteiger partial charge in [0.1, 0.15) is 5.76 Å². The molecule has 1 aromatic rings. The van der Waals surface area contributed by atoms with Crippen LogP contribution < -0.4 is 5.32 Å². The van der Waals surface area contributed by atoms with Crippen LogP contribution in [-0.2, 0) is 4.74 Å². The minimum absolute atomic E-state index is 0.0729. The molecule has 1 N–H and O–H groups in total. The predicted octanol–water partition coefficient (Wildman–Crippen LogP) is 3.25. The monoisotopic (exact) mass is 350 g/mol. The molecule has 0 radical (unpaired) electrons. The van der Waals surface area contributed by atoms with Crippen molar-refractivity contribution in [3.8, 4) is 0 Å². The summed E-state index contributed by atoms with van der Waals surface area (Å²) in [5.41, 5.74) is 2.10. The number of aliphatic imine (C=N–C) groups is 1. The van der Waals surface area contributed by atoms with Gasteiger partial charge in [0.25, 0.3) is 0 Å². The number of guanidine groups is 1. The second-order valence-electron chi connectivity index (χ2n) is 7.98. The molecule has 0 amide bonds. The van der Waals surface area contributed by atoms with E-state index < -0.39 is 0 Å². The summed E-state index contributed by atoms with van der Waals surface area (Å²) >= 11 is 0. The third kappa shape index (κ3) is 5.46. The van der Waals surface area contributed by atoms with Crippen molar-refractivity contribution in [2.45, 2.75) is 72.0 Å². The summed E-state index contributed by atoms with van der Waals surface area (Å²) in [5.74, 6) is 2.19. The molecule has 0 spiro atoms. The van der Waals surface area contributed by atoms with Crippen LogP contribution in [0.1, 0.15) is 63.5 Å². The van der Waals surface area contributed by atoms with Gasteiger partial charge in [0, 0.05) is 38.2 Å². The average molecular weight is 351 g/mol. The van der Waals surface area contributed by atoms with E-state index in [1.165, 1.54) is 5.56 Å². The van der Waals surface area contributed by atoms with Gasteiger partial charge in [-0.2, -0.15) is 0 Å². The summed E-state index contributed by atoms with van der Waals surface area (Å²) < 4.78 is 11.4. The lowest BCUT2D eigenvalue weighted by Gasteiger charge is -2.37. The molecule has 0 bridgehead atoms. The smallest absolute Gasteiger partial charge is 0.193 e. The van der Waals surface area contributed by atoms with Crippen molar-refractivity contribution < 1.29 is 9.26 Å². The molecule has 0 saturated carbocycles. The summed E-state index contributed by atoms with van der Waals surface area (Å²) in [6.07, 6.45) is 2.42. The van der Waals surface area contributed by atoms with Gasteiger partial charge in [-0.3, -0.25) is 4.99 Å². The number of likely N-dealkylation sites (tertiary alicyclic amines) is 1. The fourth-order valence-corrected chi connectivity index (χ4v) is 3.56. The molecule has 0 aliphatic carbocycles. The third-order valence-electron chi connectivity index (χ3n) is 4.62. The summed E-state index contributed by atoms with van der Waals surface area (Å²) in [4.78, 5) is 6.78. The standard InChI is InChI=1S/C19H34N4O2/c1-13(17-14(2)22-25-15(17)3)12-21-18(20-7)23-10-8-16(9-11-23)24-19(4,5)6/h13,16H,8-12H2,1-7H3,(H,20,21). The number of hydrogen-bond acceptors (Lipinski definition) is 4. The van der Waals surface area contributed by atoms with E-state index >= 15 is 0 Å². The maximum absolute atomic E-state index is 6.11. The molecular weight excluding hydrogens is 316 g/mol. The van der Waals surface area contributed by atoms with Crippen molar-refractivity contribution in [1.82, 2.24) is 15.4 Å². The number of nitrogens with one attached hydrogen (secondary N) is 1. The highest BCUT2D eigenvalue weighted by Crippen LogP contribution is 2.23. The zero-order valence-corrected chi connectivity index (χ0v) is 16.8. The molecule has 1 aliphatic heterocycles. The Kier molecular flexibility index (Phi) is 6.49. The first-order valence-electron chi connectivity index (χ1n) is 9.27. The van der Waals surface area contributed by atoms with Crippen LogP contribution in [0.3, 0.4) is 0 Å². The quantitative estimate of drug-likeness (QED) is 0.667. The second kappa shape index (κ2) is 8.21. The number of piperidine rings is 1. The number of aryl methyl sites for hydroxylation is 2. The summed E-state index contributed by atoms with van der Waals surface area (Å²) in [5, 5.41) is 7.56. The summed E-state index contributed by atoms with van der Waals surface area (Å²) in [6.45, 7) is 15.3. The largest absolute Gasteiger partial charge is 0.372 e. The molecule has 6 heteroatoms. The molecule has 2 heterocycles. The first kappa shape index (κ1) is 19.8. The van der Waals surface area contributed by atoms with E-state index in [2.05, 4.69) is 48.1 Å². The maximum atomic E-state index is 6.11. The molecule has 2 rings (SSSR count). The molecule has 1 atom stereocenters. The normalized spacial score (nSPS) is 18.5. The highest BCUT2D eigenvalue weighted by Gasteiger charge is 2.26. The van der Waals surface area contributed by atoms with Gasteiger partial charge < -0.3 is 19.5 Å². The Morgan fingerprint density at radius 2 is 2.00 bits per heavy atom. The lowest BCUT2D eigenvalue weighted by Crippen LogP contribution is -2.48. The molecule has 142 valence electrons. The number of hydrogen-bond donors (Lipinski definition) is 1. The Hall–Kier alpha value is -1.56. The van der Waals surface area contributed by atoms with Crippen LogP contribution in [0.15, 0.2) is 9.52 Å². The highest BCUT2D eigenvalue weighted by molar-refractivity contribution is 5.80. The van der Waals surface area contributed by atoms with Gasteiger partial charge >= 0.3 is 0 Å². The van der Waals surface area contributed by atoms with Crippen LogP contribution in [0.5, 0.6) is 0 Å². The Labute approximate surface area is 152 Å². The van der Waals surface area contributed by atoms with E-state index in [0.717, 1.165) is 49.9 Å². The Bertz CT molecular complexity index is 561. The topological polar surface area (TPSA) is 62.9 Å². The van der Waals surface area contributed by atoms with Crippen molar-refractivity contribution in [3.63, 3.8) is 0 Å². The molecule has 1 aromatic heterocycles. The Balaban J connectivity index is 1.85. The van der Waals surface area contributed by atoms with Gasteiger partial charge in [-0.1, -0.05) is 12.1 Å². The molecule has 1 aliphatic rings. The van der Waals surface area contributed by atoms with E-state index in [0.29, 0.717) is 12.0 Å². The van der Waals surface area contributed by atoms with Gasteiger partial charge in [0.15, 0.2) is 5.96 Å². The third-order valence-corrected chi connectivity index (χ3v) is 4.62. The molecule has 1 unspecified atom stereocenters. The average Bonchev–Trinajstić information content (AvgIpc) is 2.86. The fraction of sp³-hybridized carbons (Fsp3) is 0.789. The number of ether oxygens (including phenoxy) is 1. The molecule has 1 saturated heterocycles. The van der Waals surface area contributed by atoms with E-state index in [9.17, 15) is 0 Å². The van der Waals surface area contributed by atoms with Gasteiger partial charge in [-0.05, 0) is 47.5 Å². The molecule has 0 aromatic carbocycles. The van der Waals surface area contributed by atoms with E-state index in [4.69, 9.17) is 9.26 Å². The summed E-state index contributed by atoms with van der Waals surface area (Å²) in [6, 6.07) is 0. The lowest BCUT2D eigenvalue weighted by atomic mass is 9.99. The van der Waals surface area contributed by atoms with Gasteiger partial charge in [-0.15, -0.1) is 0 Å². The molecular formula is C19H34N4O2. The number of rotatable bonds is 4. The number of aromatic nitrogens is 1. The summed E-state index contributed by atoms with van der Waals surface area (Å²) in [7, 11) is 1.85. The number of nitrogens with zero attached hydrogens (tertiary/aromatic N) is 3. The van der Waals surface area contributed by atoms with Crippen molar-refractivity contribution in [2.75, 3.05) is 26.7 Å². The van der Waals surface area contributed by atoms with Crippen LogP contribution >= 0.6 is 0 Å². The fourth-order valence-electron chi connectivity index (χ4n) is 3.56. The SMILES string of the molecule is CN=C(NCC(C)c1c(C)noc1C)N1CCC(OC(C)(C)C)CC1.